The van der Waals surface area contributed by atoms with E-state index >= 15 is 0 Å². The average Bonchev–Trinajstić information content (AvgIpc) is 2.86. The van der Waals surface area contributed by atoms with Crippen LogP contribution in [0.25, 0.3) is 0 Å². The van der Waals surface area contributed by atoms with Gasteiger partial charge in [-0.05, 0) is 12.8 Å². The Labute approximate surface area is 87.7 Å². The van der Waals surface area contributed by atoms with Crippen molar-refractivity contribution < 1.29 is 23.8 Å². The maximum Gasteiger partial charge on any atom is 0.312 e. The Kier molecular flexibility index (Phi) is 2.65. The normalized spacial score (nSPS) is 37.7. The molecule has 0 spiro atoms. The summed E-state index contributed by atoms with van der Waals surface area (Å²) in [5, 5.41) is 0. The second-order valence-corrected chi connectivity index (χ2v) is 3.89. The van der Waals surface area contributed by atoms with Gasteiger partial charge in [0.1, 0.15) is 0 Å². The quantitative estimate of drug-likeness (QED) is 0.611. The minimum absolute atomic E-state index is 0.174. The molecule has 0 saturated carbocycles. The van der Waals surface area contributed by atoms with Crippen LogP contribution in [0.5, 0.6) is 0 Å². The van der Waals surface area contributed by atoms with E-state index in [2.05, 4.69) is 9.47 Å². The number of carbonyl (C=O) groups excluding carboxylic acids is 2. The highest BCUT2D eigenvalue weighted by atomic mass is 16.6. The van der Waals surface area contributed by atoms with Gasteiger partial charge in [0.15, 0.2) is 0 Å². The molecule has 2 heterocycles. The lowest BCUT2D eigenvalue weighted by Gasteiger charge is -2.23. The molecule has 4 atom stereocenters. The summed E-state index contributed by atoms with van der Waals surface area (Å²) in [7, 11) is 2.64. The van der Waals surface area contributed by atoms with Gasteiger partial charge >= 0.3 is 11.9 Å². The zero-order valence-electron chi connectivity index (χ0n) is 8.76. The van der Waals surface area contributed by atoms with Crippen molar-refractivity contribution in [2.75, 3.05) is 14.2 Å². The van der Waals surface area contributed by atoms with Crippen LogP contribution in [-0.2, 0) is 23.8 Å². The Morgan fingerprint density at radius 2 is 1.40 bits per heavy atom. The van der Waals surface area contributed by atoms with E-state index in [9.17, 15) is 9.59 Å². The van der Waals surface area contributed by atoms with Gasteiger partial charge in [0.25, 0.3) is 0 Å². The number of esters is 2. The fourth-order valence-electron chi connectivity index (χ4n) is 2.55. The van der Waals surface area contributed by atoms with Crippen molar-refractivity contribution in [2.24, 2.45) is 11.8 Å². The van der Waals surface area contributed by atoms with Crippen LogP contribution < -0.4 is 0 Å². The van der Waals surface area contributed by atoms with Crippen molar-refractivity contribution in [3.63, 3.8) is 0 Å². The molecule has 0 N–H and O–H groups in total. The van der Waals surface area contributed by atoms with Crippen LogP contribution >= 0.6 is 0 Å². The zero-order chi connectivity index (χ0) is 11.0. The molecule has 0 amide bonds. The Morgan fingerprint density at radius 1 is 1.00 bits per heavy atom. The fraction of sp³-hybridized carbons (Fsp3) is 0.800. The largest absolute Gasteiger partial charge is 0.469 e. The maximum atomic E-state index is 11.5. The number of rotatable bonds is 2. The highest BCUT2D eigenvalue weighted by molar-refractivity contribution is 5.84. The van der Waals surface area contributed by atoms with Gasteiger partial charge in [-0.2, -0.15) is 0 Å². The Hall–Kier alpha value is -1.10. The molecular formula is C10H14O5. The molecule has 5 heteroatoms. The predicted octanol–water partition coefficient (Wildman–Crippen LogP) is 0.126. The average molecular weight is 214 g/mol. The number of methoxy groups -OCH3 is 2. The van der Waals surface area contributed by atoms with E-state index in [1.54, 1.807) is 0 Å². The van der Waals surface area contributed by atoms with Gasteiger partial charge in [0.05, 0.1) is 38.3 Å². The molecule has 0 aromatic heterocycles. The monoisotopic (exact) mass is 214 g/mol. The van der Waals surface area contributed by atoms with Crippen LogP contribution in [0.2, 0.25) is 0 Å². The number of hydrogen-bond acceptors (Lipinski definition) is 5. The summed E-state index contributed by atoms with van der Waals surface area (Å²) < 4.78 is 14.9. The van der Waals surface area contributed by atoms with Gasteiger partial charge in [-0.25, -0.2) is 0 Å². The topological polar surface area (TPSA) is 61.8 Å². The molecule has 0 radical (unpaired) electrons. The van der Waals surface area contributed by atoms with Crippen molar-refractivity contribution >= 4 is 11.9 Å². The molecular weight excluding hydrogens is 200 g/mol. The fourth-order valence-corrected chi connectivity index (χ4v) is 2.55. The van der Waals surface area contributed by atoms with E-state index in [4.69, 9.17) is 4.74 Å². The first-order valence-corrected chi connectivity index (χ1v) is 5.00. The van der Waals surface area contributed by atoms with Crippen LogP contribution in [0.1, 0.15) is 12.8 Å². The molecule has 2 bridgehead atoms. The van der Waals surface area contributed by atoms with Crippen molar-refractivity contribution in [3.8, 4) is 0 Å². The number of ether oxygens (including phenoxy) is 3. The summed E-state index contributed by atoms with van der Waals surface area (Å²) >= 11 is 0. The third-order valence-electron chi connectivity index (χ3n) is 3.22. The molecule has 2 aliphatic rings. The second kappa shape index (κ2) is 3.81. The van der Waals surface area contributed by atoms with Gasteiger partial charge in [-0.3, -0.25) is 9.59 Å². The third-order valence-corrected chi connectivity index (χ3v) is 3.22. The number of hydrogen-bond donors (Lipinski definition) is 0. The minimum Gasteiger partial charge on any atom is -0.469 e. The van der Waals surface area contributed by atoms with Crippen LogP contribution in [0, 0.1) is 11.8 Å². The summed E-state index contributed by atoms with van der Waals surface area (Å²) in [6, 6.07) is 0. The van der Waals surface area contributed by atoms with Crippen LogP contribution in [-0.4, -0.2) is 38.4 Å². The van der Waals surface area contributed by atoms with Gasteiger partial charge in [-0.1, -0.05) is 0 Å². The molecule has 2 aliphatic heterocycles. The van der Waals surface area contributed by atoms with Crippen molar-refractivity contribution in [1.82, 2.24) is 0 Å². The molecule has 0 aliphatic carbocycles. The molecule has 2 saturated heterocycles. The lowest BCUT2D eigenvalue weighted by Crippen LogP contribution is -2.39. The van der Waals surface area contributed by atoms with E-state index < -0.39 is 11.8 Å². The summed E-state index contributed by atoms with van der Waals surface area (Å²) in [5.41, 5.74) is 0. The molecule has 0 unspecified atom stereocenters. The summed E-state index contributed by atoms with van der Waals surface area (Å²) in [5.74, 6) is -1.72. The molecule has 84 valence electrons. The summed E-state index contributed by atoms with van der Waals surface area (Å²) in [6.07, 6.45) is 1.29. The van der Waals surface area contributed by atoms with Gasteiger partial charge in [0, 0.05) is 0 Å². The highest BCUT2D eigenvalue weighted by Gasteiger charge is 2.56. The van der Waals surface area contributed by atoms with Crippen LogP contribution in [0.4, 0.5) is 0 Å². The Balaban J connectivity index is 2.19. The molecule has 0 aromatic carbocycles. The first-order chi connectivity index (χ1) is 7.19. The molecule has 2 rings (SSSR count). The molecule has 15 heavy (non-hydrogen) atoms. The minimum atomic E-state index is -0.485. The Bertz CT molecular complexity index is 260. The van der Waals surface area contributed by atoms with E-state index in [1.807, 2.05) is 0 Å². The van der Waals surface area contributed by atoms with Crippen molar-refractivity contribution in [3.05, 3.63) is 0 Å². The van der Waals surface area contributed by atoms with E-state index in [0.717, 1.165) is 12.8 Å². The van der Waals surface area contributed by atoms with E-state index in [1.165, 1.54) is 14.2 Å². The lowest BCUT2D eigenvalue weighted by atomic mass is 9.79. The highest BCUT2D eigenvalue weighted by Crippen LogP contribution is 2.44. The second-order valence-electron chi connectivity index (χ2n) is 3.89. The summed E-state index contributed by atoms with van der Waals surface area (Å²) in [4.78, 5) is 23.0. The smallest absolute Gasteiger partial charge is 0.312 e. The lowest BCUT2D eigenvalue weighted by molar-refractivity contribution is -0.157. The first kappa shape index (κ1) is 10.4. The standard InChI is InChI=1S/C10H14O5/c1-13-9(11)7-5-3-4-6(15-5)8(7)10(12)14-2/h5-8H,3-4H2,1-2H3/t5-,6+,7-,8-/m0/s1. The van der Waals surface area contributed by atoms with Gasteiger partial charge < -0.3 is 14.2 Å². The molecule has 5 nitrogen and oxygen atoms in total. The summed E-state index contributed by atoms with van der Waals surface area (Å²) in [6.45, 7) is 0. The Morgan fingerprint density at radius 3 is 1.73 bits per heavy atom. The van der Waals surface area contributed by atoms with E-state index in [0.29, 0.717) is 0 Å². The van der Waals surface area contributed by atoms with Crippen LogP contribution in [0.3, 0.4) is 0 Å². The third kappa shape index (κ3) is 1.51. The zero-order valence-corrected chi connectivity index (χ0v) is 8.76. The number of carbonyl (C=O) groups is 2. The van der Waals surface area contributed by atoms with Crippen molar-refractivity contribution in [2.45, 2.75) is 25.0 Å². The van der Waals surface area contributed by atoms with Crippen LogP contribution in [0.15, 0.2) is 0 Å². The first-order valence-electron chi connectivity index (χ1n) is 5.00. The SMILES string of the molecule is COC(=O)[C@@H]1[C@@H](C(=O)OC)[C@H]2CC[C@@H]1O2. The predicted molar refractivity (Wildman–Crippen MR) is 48.9 cm³/mol. The van der Waals surface area contributed by atoms with Crippen molar-refractivity contribution in [1.29, 1.82) is 0 Å². The van der Waals surface area contributed by atoms with Gasteiger partial charge in [0.2, 0.25) is 0 Å². The van der Waals surface area contributed by atoms with Gasteiger partial charge in [-0.15, -0.1) is 0 Å². The molecule has 2 fully saturated rings. The van der Waals surface area contributed by atoms with E-state index in [-0.39, 0.29) is 24.1 Å². The maximum absolute atomic E-state index is 11.5. The number of fused-ring (bicyclic) bond motifs is 2. The molecule has 0 aromatic rings.